The first-order valence-electron chi connectivity index (χ1n) is 13.4. The second-order valence-electron chi connectivity index (χ2n) is 10.3. The number of carboxylic acids is 1. The predicted molar refractivity (Wildman–Crippen MR) is 156 cm³/mol. The molecule has 0 atom stereocenters. The number of hydrogen-bond donors (Lipinski definition) is 1. The van der Waals surface area contributed by atoms with Crippen molar-refractivity contribution in [2.75, 3.05) is 0 Å². The molecule has 38 heavy (non-hydrogen) atoms. The van der Waals surface area contributed by atoms with Gasteiger partial charge in [0.1, 0.15) is 0 Å². The number of carbonyl (C=O) groups is 1. The lowest BCUT2D eigenvalue weighted by Gasteiger charge is -2.08. The summed E-state index contributed by atoms with van der Waals surface area (Å²) in [5.74, 6) is -0.818. The van der Waals surface area contributed by atoms with Crippen molar-refractivity contribution in [2.24, 2.45) is 20.0 Å². The van der Waals surface area contributed by atoms with Crippen molar-refractivity contribution >= 4 is 28.8 Å². The number of rotatable bonds is 5. The molecular formula is C32H34N4O2. The van der Waals surface area contributed by atoms with Crippen LogP contribution in [0.3, 0.4) is 0 Å². The zero-order valence-electron chi connectivity index (χ0n) is 23.3. The molecular weight excluding hydrogens is 472 g/mol. The lowest BCUT2D eigenvalue weighted by Crippen LogP contribution is -2.02. The van der Waals surface area contributed by atoms with E-state index in [-0.39, 0.29) is 6.42 Å². The van der Waals surface area contributed by atoms with Crippen LogP contribution in [0.5, 0.6) is 0 Å². The Bertz CT molecular complexity index is 1570. The Morgan fingerprint density at radius 3 is 1.68 bits per heavy atom. The number of allylic oxidation sites excluding steroid dienone is 12. The molecule has 6 heteroatoms. The van der Waals surface area contributed by atoms with Gasteiger partial charge in [0.05, 0.1) is 45.6 Å². The summed E-state index contributed by atoms with van der Waals surface area (Å²) in [4.78, 5) is 31.6. The highest BCUT2D eigenvalue weighted by molar-refractivity contribution is 6.20. The Morgan fingerprint density at radius 1 is 0.632 bits per heavy atom. The van der Waals surface area contributed by atoms with Crippen molar-refractivity contribution in [1.82, 2.24) is 0 Å². The molecule has 6 nitrogen and oxygen atoms in total. The van der Waals surface area contributed by atoms with E-state index >= 15 is 0 Å². The molecule has 8 bridgehead atoms. The minimum atomic E-state index is -0.818. The van der Waals surface area contributed by atoms with Gasteiger partial charge in [0.25, 0.3) is 0 Å². The van der Waals surface area contributed by atoms with Crippen LogP contribution in [-0.4, -0.2) is 33.9 Å². The van der Waals surface area contributed by atoms with E-state index in [9.17, 15) is 9.90 Å². The second-order valence-corrected chi connectivity index (χ2v) is 10.3. The van der Waals surface area contributed by atoms with Crippen molar-refractivity contribution in [3.63, 3.8) is 0 Å². The van der Waals surface area contributed by atoms with E-state index in [0.29, 0.717) is 6.42 Å². The molecule has 5 rings (SSSR count). The van der Waals surface area contributed by atoms with Gasteiger partial charge in [0.15, 0.2) is 0 Å². The molecule has 0 unspecified atom stereocenters. The van der Waals surface area contributed by atoms with E-state index in [0.717, 1.165) is 86.3 Å². The normalized spacial score (nSPS) is 20.9. The number of nitrogens with zero attached hydrogens (tertiary/aromatic N) is 4. The molecule has 5 heterocycles. The topological polar surface area (TPSA) is 86.7 Å². The van der Waals surface area contributed by atoms with E-state index in [4.69, 9.17) is 20.0 Å². The van der Waals surface area contributed by atoms with Crippen molar-refractivity contribution in [2.45, 2.75) is 74.1 Å². The summed E-state index contributed by atoms with van der Waals surface area (Å²) < 4.78 is 0. The fraction of sp³-hybridized carbons (Fsp3) is 0.344. The van der Waals surface area contributed by atoms with Crippen molar-refractivity contribution < 1.29 is 9.90 Å². The SMILES string of the molecule is CCC1=C(C)C2=CC3=NC(=CC4=NC(=C(C)C5=NC(=CC1=N2)C(C)=C5)C(CCC(=O)O)=C4C)C(C)=C3CC. The van der Waals surface area contributed by atoms with Crippen molar-refractivity contribution in [3.8, 4) is 0 Å². The van der Waals surface area contributed by atoms with Crippen LogP contribution in [0.4, 0.5) is 0 Å². The molecule has 0 spiro atoms. The molecule has 0 aromatic carbocycles. The third-order valence-corrected chi connectivity index (χ3v) is 7.98. The summed E-state index contributed by atoms with van der Waals surface area (Å²) in [6.45, 7) is 14.7. The summed E-state index contributed by atoms with van der Waals surface area (Å²) in [6.07, 6.45) is 10.6. The molecule has 0 fully saturated rings. The van der Waals surface area contributed by atoms with Crippen LogP contribution in [0.2, 0.25) is 0 Å². The zero-order valence-corrected chi connectivity index (χ0v) is 23.3. The van der Waals surface area contributed by atoms with Gasteiger partial charge < -0.3 is 5.11 Å². The van der Waals surface area contributed by atoms with Gasteiger partial charge in [-0.3, -0.25) is 4.79 Å². The molecule has 0 saturated carbocycles. The molecule has 0 saturated heterocycles. The predicted octanol–water partition coefficient (Wildman–Crippen LogP) is 7.32. The average molecular weight is 507 g/mol. The standard InChI is InChI=1S/C32H34N4O2/c1-8-21-18(5)27-15-30-22(9-2)17(4)26(34-30)14-28-19(6)23(10-11-31(37)38)32(36-28)20(7)25-12-16(3)24(33-25)13-29(21)35-27/h12-15H,8-11H2,1-7H3,(H,37,38). The smallest absolute Gasteiger partial charge is 0.303 e. The highest BCUT2D eigenvalue weighted by Gasteiger charge is 2.28. The van der Waals surface area contributed by atoms with Gasteiger partial charge in [-0.2, -0.15) is 0 Å². The fourth-order valence-electron chi connectivity index (χ4n) is 5.64. The van der Waals surface area contributed by atoms with Gasteiger partial charge in [0, 0.05) is 12.0 Å². The summed E-state index contributed by atoms with van der Waals surface area (Å²) in [5, 5.41) is 9.41. The summed E-state index contributed by atoms with van der Waals surface area (Å²) in [6, 6.07) is 0. The number of carboxylic acid groups (broad SMARTS) is 1. The Balaban J connectivity index is 1.78. The second kappa shape index (κ2) is 9.75. The highest BCUT2D eigenvalue weighted by atomic mass is 16.4. The average Bonchev–Trinajstić information content (AvgIpc) is 3.57. The summed E-state index contributed by atoms with van der Waals surface area (Å²) in [7, 11) is 0. The molecule has 0 aromatic heterocycles. The lowest BCUT2D eigenvalue weighted by molar-refractivity contribution is -0.136. The van der Waals surface area contributed by atoms with Crippen LogP contribution >= 0.6 is 0 Å². The molecule has 5 aliphatic heterocycles. The molecule has 0 amide bonds. The molecule has 1 N–H and O–H groups in total. The molecule has 194 valence electrons. The lowest BCUT2D eigenvalue weighted by atomic mass is 9.96. The largest absolute Gasteiger partial charge is 0.481 e. The minimum absolute atomic E-state index is 0.0510. The first kappa shape index (κ1) is 25.7. The first-order chi connectivity index (χ1) is 18.1. The fourth-order valence-corrected chi connectivity index (χ4v) is 5.64. The van der Waals surface area contributed by atoms with Gasteiger partial charge in [-0.05, 0) is 117 Å². The van der Waals surface area contributed by atoms with Crippen LogP contribution in [0.15, 0.2) is 112 Å². The first-order valence-corrected chi connectivity index (χ1v) is 13.4. The third-order valence-electron chi connectivity index (χ3n) is 7.98. The Hall–Kier alpha value is -3.93. The zero-order chi connectivity index (χ0) is 27.3. The van der Waals surface area contributed by atoms with E-state index in [2.05, 4.69) is 52.8 Å². The molecule has 0 aliphatic carbocycles. The minimum Gasteiger partial charge on any atom is -0.481 e. The Kier molecular flexibility index (Phi) is 6.59. The van der Waals surface area contributed by atoms with Gasteiger partial charge in [-0.25, -0.2) is 20.0 Å². The van der Waals surface area contributed by atoms with Gasteiger partial charge >= 0.3 is 5.97 Å². The van der Waals surface area contributed by atoms with Crippen molar-refractivity contribution in [1.29, 1.82) is 0 Å². The Morgan fingerprint density at radius 2 is 1.13 bits per heavy atom. The number of aliphatic carboxylic acids is 1. The van der Waals surface area contributed by atoms with E-state index in [1.165, 1.54) is 16.7 Å². The maximum absolute atomic E-state index is 11.5. The Labute approximate surface area is 224 Å². The van der Waals surface area contributed by atoms with Gasteiger partial charge in [-0.1, -0.05) is 13.8 Å². The van der Waals surface area contributed by atoms with Gasteiger partial charge in [0.2, 0.25) is 0 Å². The molecule has 0 aromatic rings. The van der Waals surface area contributed by atoms with Crippen LogP contribution in [0.25, 0.3) is 0 Å². The quantitative estimate of drug-likeness (QED) is 0.423. The monoisotopic (exact) mass is 506 g/mol. The number of fused-ring (bicyclic) bond motifs is 4. The highest BCUT2D eigenvalue weighted by Crippen LogP contribution is 2.37. The van der Waals surface area contributed by atoms with Crippen LogP contribution < -0.4 is 0 Å². The number of aliphatic imine (C=N–C) groups is 4. The summed E-state index contributed by atoms with van der Waals surface area (Å²) in [5.41, 5.74) is 15.9. The van der Waals surface area contributed by atoms with E-state index < -0.39 is 5.97 Å². The van der Waals surface area contributed by atoms with Crippen LogP contribution in [0, 0.1) is 0 Å². The summed E-state index contributed by atoms with van der Waals surface area (Å²) >= 11 is 0. The van der Waals surface area contributed by atoms with Gasteiger partial charge in [-0.15, -0.1) is 0 Å². The number of hydrogen-bond acceptors (Lipinski definition) is 5. The van der Waals surface area contributed by atoms with E-state index in [1.54, 1.807) is 0 Å². The van der Waals surface area contributed by atoms with Crippen molar-refractivity contribution in [3.05, 3.63) is 91.7 Å². The maximum Gasteiger partial charge on any atom is 0.303 e. The maximum atomic E-state index is 11.5. The van der Waals surface area contributed by atoms with E-state index in [1.807, 2.05) is 19.9 Å². The molecule has 5 aliphatic rings. The molecule has 0 radical (unpaired) electrons. The van der Waals surface area contributed by atoms with Crippen LogP contribution in [-0.2, 0) is 4.79 Å². The third kappa shape index (κ3) is 4.28. The van der Waals surface area contributed by atoms with Crippen LogP contribution in [0.1, 0.15) is 74.1 Å².